The Balaban J connectivity index is 2.26. The van der Waals surface area contributed by atoms with Crippen LogP contribution in [-0.2, 0) is 4.79 Å². The minimum atomic E-state index is -0.448. The van der Waals surface area contributed by atoms with E-state index in [0.717, 1.165) is 31.3 Å². The Morgan fingerprint density at radius 2 is 1.71 bits per heavy atom. The van der Waals surface area contributed by atoms with Crippen molar-refractivity contribution in [2.24, 2.45) is 0 Å². The van der Waals surface area contributed by atoms with E-state index in [1.165, 1.54) is 18.9 Å². The van der Waals surface area contributed by atoms with Crippen LogP contribution in [-0.4, -0.2) is 10.9 Å². The van der Waals surface area contributed by atoms with Crippen LogP contribution in [0, 0.1) is 5.39 Å². The number of hydrogen-bond acceptors (Lipinski definition) is 3. The predicted octanol–water partition coefficient (Wildman–Crippen LogP) is 4.62. The van der Waals surface area contributed by atoms with E-state index in [-0.39, 0.29) is 11.5 Å². The molecule has 0 bridgehead atoms. The molecular formula is C17H19N2O2+. The van der Waals surface area contributed by atoms with Crippen molar-refractivity contribution in [3.8, 4) is 0 Å². The third kappa shape index (κ3) is 4.03. The van der Waals surface area contributed by atoms with E-state index in [2.05, 4.69) is 4.98 Å². The molecule has 1 aromatic carbocycles. The molecule has 4 heteroatoms. The first-order valence-electron chi connectivity index (χ1n) is 7.30. The Bertz CT molecular complexity index is 599. The fourth-order valence-electron chi connectivity index (χ4n) is 2.53. The van der Waals surface area contributed by atoms with Crippen LogP contribution in [0.4, 0.5) is 0 Å². The van der Waals surface area contributed by atoms with Crippen molar-refractivity contribution in [3.05, 3.63) is 58.2 Å². The van der Waals surface area contributed by atoms with E-state index in [9.17, 15) is 9.90 Å². The lowest BCUT2D eigenvalue weighted by Gasteiger charge is -2.00. The van der Waals surface area contributed by atoms with Crippen LogP contribution in [0.5, 0.6) is 0 Å². The van der Waals surface area contributed by atoms with Gasteiger partial charge in [-0.3, -0.25) is 4.79 Å². The van der Waals surface area contributed by atoms with E-state index in [1.54, 1.807) is 24.3 Å². The van der Waals surface area contributed by atoms with Crippen LogP contribution >= 0.6 is 0 Å². The van der Waals surface area contributed by atoms with Crippen LogP contribution in [0.2, 0.25) is 0 Å². The van der Waals surface area contributed by atoms with Gasteiger partial charge < -0.3 is 5.11 Å². The maximum absolute atomic E-state index is 12.2. The normalized spacial score (nSPS) is 16.4. The predicted molar refractivity (Wildman–Crippen MR) is 81.9 cm³/mol. The number of nitrogens with zero attached hydrogens (tertiary/aromatic N) is 2. The number of aliphatic hydroxyl groups excluding tert-OH is 1. The van der Waals surface area contributed by atoms with Crippen molar-refractivity contribution < 1.29 is 9.90 Å². The molecule has 1 fully saturated rings. The minimum absolute atomic E-state index is 0.298. The molecule has 1 aliphatic carbocycles. The molecule has 1 aromatic rings. The first kappa shape index (κ1) is 15.0. The summed E-state index contributed by atoms with van der Waals surface area (Å²) in [6.45, 7) is 0. The van der Waals surface area contributed by atoms with E-state index in [4.69, 9.17) is 5.39 Å². The maximum Gasteiger partial charge on any atom is 0.473 e. The second kappa shape index (κ2) is 7.39. The monoisotopic (exact) mass is 283 g/mol. The van der Waals surface area contributed by atoms with Crippen molar-refractivity contribution >= 4 is 11.5 Å². The second-order valence-corrected chi connectivity index (χ2v) is 5.24. The third-order valence-corrected chi connectivity index (χ3v) is 3.69. The smallest absolute Gasteiger partial charge is 0.473 e. The number of hydrogen-bond donors (Lipinski definition) is 1. The van der Waals surface area contributed by atoms with Gasteiger partial charge in [-0.15, -0.1) is 0 Å². The number of carbonyl (C=O) groups excluding carboxylic acids is 1. The lowest BCUT2D eigenvalue weighted by molar-refractivity contribution is -0.111. The summed E-state index contributed by atoms with van der Waals surface area (Å²) in [6.07, 6.45) is 7.85. The average Bonchev–Trinajstić information content (AvgIpc) is 2.77. The van der Waals surface area contributed by atoms with E-state index >= 15 is 0 Å². The summed E-state index contributed by atoms with van der Waals surface area (Å²) in [4.78, 5) is 15.2. The van der Waals surface area contributed by atoms with E-state index < -0.39 is 5.78 Å². The molecule has 0 spiro atoms. The van der Waals surface area contributed by atoms with E-state index in [0.29, 0.717) is 5.56 Å². The highest BCUT2D eigenvalue weighted by Gasteiger charge is 2.28. The first-order valence-corrected chi connectivity index (χ1v) is 7.30. The molecule has 1 N–H and O–H groups in total. The second-order valence-electron chi connectivity index (χ2n) is 5.24. The summed E-state index contributed by atoms with van der Waals surface area (Å²) >= 11 is 0. The molecule has 2 rings (SSSR count). The molecule has 0 atom stereocenters. The van der Waals surface area contributed by atoms with Crippen LogP contribution in [0.1, 0.15) is 44.1 Å². The SMILES string of the molecule is N#[N+]/C(C(=O)C=C1CCCCCC1)=C(/O)c1ccccc1. The Morgan fingerprint density at radius 1 is 1.10 bits per heavy atom. The highest BCUT2D eigenvalue weighted by molar-refractivity contribution is 6.09. The number of rotatable bonds is 3. The molecule has 108 valence electrons. The van der Waals surface area contributed by atoms with Gasteiger partial charge in [-0.05, 0) is 31.8 Å². The molecule has 4 nitrogen and oxygen atoms in total. The topological polar surface area (TPSA) is 65.5 Å². The Hall–Kier alpha value is -2.41. The van der Waals surface area contributed by atoms with Crippen molar-refractivity contribution in [2.45, 2.75) is 38.5 Å². The Labute approximate surface area is 124 Å². The first-order chi connectivity index (χ1) is 10.2. The number of benzene rings is 1. The molecule has 21 heavy (non-hydrogen) atoms. The zero-order valence-corrected chi connectivity index (χ0v) is 12.0. The highest BCUT2D eigenvalue weighted by atomic mass is 16.3. The molecule has 0 aliphatic heterocycles. The van der Waals surface area contributed by atoms with Gasteiger partial charge in [0.15, 0.2) is 4.98 Å². The van der Waals surface area contributed by atoms with Crippen LogP contribution in [0.3, 0.4) is 0 Å². The van der Waals surface area contributed by atoms with Gasteiger partial charge in [0, 0.05) is 5.56 Å². The van der Waals surface area contributed by atoms with Crippen molar-refractivity contribution in [1.29, 1.82) is 5.39 Å². The number of ketones is 1. The maximum atomic E-state index is 12.2. The minimum Gasteiger partial charge on any atom is -0.501 e. The van der Waals surface area contributed by atoms with Gasteiger partial charge in [0.25, 0.3) is 5.78 Å². The van der Waals surface area contributed by atoms with E-state index in [1.807, 2.05) is 6.07 Å². The molecule has 0 radical (unpaired) electrons. The van der Waals surface area contributed by atoms with Crippen molar-refractivity contribution in [1.82, 2.24) is 0 Å². The third-order valence-electron chi connectivity index (χ3n) is 3.69. The molecule has 0 amide bonds. The fourth-order valence-corrected chi connectivity index (χ4v) is 2.53. The number of carbonyl (C=O) groups is 1. The zero-order chi connectivity index (χ0) is 15.1. The summed E-state index contributed by atoms with van der Waals surface area (Å²) in [5, 5.41) is 19.2. The lowest BCUT2D eigenvalue weighted by Crippen LogP contribution is -2.01. The summed E-state index contributed by atoms with van der Waals surface area (Å²) < 4.78 is 0. The van der Waals surface area contributed by atoms with Gasteiger partial charge in [0.05, 0.1) is 0 Å². The summed E-state index contributed by atoms with van der Waals surface area (Å²) in [6, 6.07) is 8.62. The van der Waals surface area contributed by atoms with Gasteiger partial charge in [-0.25, -0.2) is 0 Å². The fraction of sp³-hybridized carbons (Fsp3) is 0.353. The molecule has 1 saturated carbocycles. The van der Waals surface area contributed by atoms with Crippen LogP contribution < -0.4 is 0 Å². The summed E-state index contributed by atoms with van der Waals surface area (Å²) in [5.74, 6) is -0.746. The number of allylic oxidation sites excluding steroid dienone is 2. The number of aliphatic hydroxyl groups is 1. The Morgan fingerprint density at radius 3 is 2.29 bits per heavy atom. The molecule has 0 unspecified atom stereocenters. The van der Waals surface area contributed by atoms with Crippen molar-refractivity contribution in [2.75, 3.05) is 0 Å². The molecular weight excluding hydrogens is 264 g/mol. The van der Waals surface area contributed by atoms with Crippen LogP contribution in [0.15, 0.2) is 47.7 Å². The summed E-state index contributed by atoms with van der Waals surface area (Å²) in [7, 11) is 0. The van der Waals surface area contributed by atoms with Gasteiger partial charge in [-0.1, -0.05) is 48.7 Å². The molecule has 0 heterocycles. The largest absolute Gasteiger partial charge is 0.501 e. The van der Waals surface area contributed by atoms with Gasteiger partial charge in [0.1, 0.15) is 0 Å². The lowest BCUT2D eigenvalue weighted by atomic mass is 10.0. The molecule has 1 aliphatic rings. The quantitative estimate of drug-likeness (QED) is 0.381. The van der Waals surface area contributed by atoms with Gasteiger partial charge in [-0.2, -0.15) is 0 Å². The Kier molecular flexibility index (Phi) is 5.28. The van der Waals surface area contributed by atoms with Gasteiger partial charge in [0.2, 0.25) is 11.2 Å². The van der Waals surface area contributed by atoms with Crippen LogP contribution in [0.25, 0.3) is 10.7 Å². The molecule has 0 saturated heterocycles. The zero-order valence-electron chi connectivity index (χ0n) is 12.0. The van der Waals surface area contributed by atoms with Crippen molar-refractivity contribution in [3.63, 3.8) is 0 Å². The van der Waals surface area contributed by atoms with Gasteiger partial charge >= 0.3 is 5.70 Å². The summed E-state index contributed by atoms with van der Waals surface area (Å²) in [5.41, 5.74) is 1.22. The standard InChI is InChI=1S/C17H18N2O2/c18-19-16(17(21)14-10-6-3-7-11-14)15(20)12-13-8-4-1-2-5-9-13/h3,6-7,10-12H,1-2,4-5,8-9H2/p+1. The highest BCUT2D eigenvalue weighted by Crippen LogP contribution is 2.24. The number of diazo groups is 1. The molecule has 0 aromatic heterocycles. The average molecular weight is 283 g/mol.